The van der Waals surface area contributed by atoms with Crippen molar-refractivity contribution in [3.8, 4) is 0 Å². The van der Waals surface area contributed by atoms with Crippen molar-refractivity contribution < 1.29 is 24.9 Å². The Hall–Kier alpha value is -0.870. The van der Waals surface area contributed by atoms with Crippen LogP contribution in [0, 0.1) is 0 Å². The molecule has 0 saturated carbocycles. The highest BCUT2D eigenvalue weighted by Crippen LogP contribution is 2.37. The van der Waals surface area contributed by atoms with Crippen molar-refractivity contribution in [2.24, 2.45) is 4.99 Å². The van der Waals surface area contributed by atoms with E-state index in [0.29, 0.717) is 11.7 Å². The molecule has 9 heteroatoms. The summed E-state index contributed by atoms with van der Waals surface area (Å²) in [5.41, 5.74) is -0.485. The summed E-state index contributed by atoms with van der Waals surface area (Å²) in [5.74, 6) is 0. The largest absolute Gasteiger partial charge is 0.465 e. The highest BCUT2D eigenvalue weighted by Gasteiger charge is 2.49. The molecular weight excluding hydrogens is 310 g/mol. The van der Waals surface area contributed by atoms with Gasteiger partial charge in [0.2, 0.25) is 0 Å². The van der Waals surface area contributed by atoms with Gasteiger partial charge in [0.15, 0.2) is 5.17 Å². The quantitative estimate of drug-likeness (QED) is 0.568. The zero-order valence-corrected chi connectivity index (χ0v) is 13.7. The third kappa shape index (κ3) is 3.54. The molecule has 0 aromatic rings. The molecule has 1 saturated heterocycles. The summed E-state index contributed by atoms with van der Waals surface area (Å²) in [5, 5.41) is 33.0. The van der Waals surface area contributed by atoms with Gasteiger partial charge in [-0.3, -0.25) is 9.89 Å². The SMILES string of the molecule is CCN(C(=O)O)C1=N[C@@H]2[C@@H](O)[C@H](O)[C@@H](CNC(C)C)O[C@@H]2S1. The van der Waals surface area contributed by atoms with E-state index in [0.717, 1.165) is 4.90 Å². The van der Waals surface area contributed by atoms with Gasteiger partial charge in [0, 0.05) is 19.1 Å². The van der Waals surface area contributed by atoms with Gasteiger partial charge in [-0.15, -0.1) is 0 Å². The molecule has 0 aromatic carbocycles. The summed E-state index contributed by atoms with van der Waals surface area (Å²) in [6, 6.07) is -0.421. The predicted molar refractivity (Wildman–Crippen MR) is 83.0 cm³/mol. The first-order chi connectivity index (χ1) is 10.3. The van der Waals surface area contributed by atoms with Gasteiger partial charge in [0.05, 0.1) is 0 Å². The Balaban J connectivity index is 2.07. The van der Waals surface area contributed by atoms with Crippen LogP contribution in [0.3, 0.4) is 0 Å². The number of hydrogen-bond donors (Lipinski definition) is 4. The van der Waals surface area contributed by atoms with Crippen LogP contribution in [0.4, 0.5) is 4.79 Å². The third-order valence-corrected chi connectivity index (χ3v) is 4.81. The number of hydrogen-bond acceptors (Lipinski definition) is 7. The predicted octanol–water partition coefficient (Wildman–Crippen LogP) is -0.0976. The van der Waals surface area contributed by atoms with Crippen LogP contribution in [0.1, 0.15) is 20.8 Å². The lowest BCUT2D eigenvalue weighted by Crippen LogP contribution is -2.57. The minimum Gasteiger partial charge on any atom is -0.465 e. The molecule has 2 aliphatic rings. The molecule has 0 spiro atoms. The van der Waals surface area contributed by atoms with E-state index >= 15 is 0 Å². The average molecular weight is 333 g/mol. The number of carbonyl (C=O) groups is 1. The monoisotopic (exact) mass is 333 g/mol. The maximum atomic E-state index is 11.2. The first kappa shape index (κ1) is 17.5. The number of carboxylic acid groups (broad SMARTS) is 1. The fourth-order valence-electron chi connectivity index (χ4n) is 2.42. The van der Waals surface area contributed by atoms with Crippen LogP contribution in [0.15, 0.2) is 4.99 Å². The number of aliphatic hydroxyl groups excluding tert-OH is 2. The number of aliphatic imine (C=N–C) groups is 1. The molecule has 2 rings (SSSR count). The molecule has 2 aliphatic heterocycles. The summed E-state index contributed by atoms with van der Waals surface area (Å²) in [4.78, 5) is 16.5. The summed E-state index contributed by atoms with van der Waals surface area (Å²) in [6.07, 6.45) is -3.78. The number of thioether (sulfide) groups is 1. The molecule has 4 N–H and O–H groups in total. The molecule has 1 fully saturated rings. The number of ether oxygens (including phenoxy) is 1. The molecule has 2 heterocycles. The van der Waals surface area contributed by atoms with E-state index in [-0.39, 0.29) is 12.6 Å². The first-order valence-electron chi connectivity index (χ1n) is 7.35. The summed E-state index contributed by atoms with van der Waals surface area (Å²) >= 11 is 1.17. The molecule has 5 atom stereocenters. The second kappa shape index (κ2) is 7.14. The van der Waals surface area contributed by atoms with Crippen LogP contribution in [0.5, 0.6) is 0 Å². The Bertz CT molecular complexity index is 447. The van der Waals surface area contributed by atoms with Gasteiger partial charge < -0.3 is 25.4 Å². The highest BCUT2D eigenvalue weighted by atomic mass is 32.2. The van der Waals surface area contributed by atoms with Crippen LogP contribution in [0.25, 0.3) is 0 Å². The highest BCUT2D eigenvalue weighted by molar-refractivity contribution is 8.14. The first-order valence-corrected chi connectivity index (χ1v) is 8.23. The maximum Gasteiger partial charge on any atom is 0.413 e. The molecule has 22 heavy (non-hydrogen) atoms. The molecular formula is C13H23N3O5S. The second-order valence-electron chi connectivity index (χ2n) is 5.63. The Morgan fingerprint density at radius 1 is 1.45 bits per heavy atom. The van der Waals surface area contributed by atoms with E-state index < -0.39 is 35.9 Å². The van der Waals surface area contributed by atoms with Gasteiger partial charge in [-0.25, -0.2) is 4.79 Å². The molecule has 8 nitrogen and oxygen atoms in total. The minimum atomic E-state index is -1.10. The zero-order chi connectivity index (χ0) is 16.4. The summed E-state index contributed by atoms with van der Waals surface area (Å²) in [6.45, 7) is 6.33. The zero-order valence-electron chi connectivity index (χ0n) is 12.8. The van der Waals surface area contributed by atoms with Crippen LogP contribution < -0.4 is 5.32 Å². The van der Waals surface area contributed by atoms with Gasteiger partial charge >= 0.3 is 6.09 Å². The Morgan fingerprint density at radius 2 is 2.14 bits per heavy atom. The van der Waals surface area contributed by atoms with Crippen molar-refractivity contribution >= 4 is 23.0 Å². The molecule has 0 aromatic heterocycles. The van der Waals surface area contributed by atoms with Crippen molar-refractivity contribution in [3.63, 3.8) is 0 Å². The number of aliphatic hydroxyl groups is 2. The smallest absolute Gasteiger partial charge is 0.413 e. The van der Waals surface area contributed by atoms with E-state index in [1.54, 1.807) is 6.92 Å². The van der Waals surface area contributed by atoms with Crippen molar-refractivity contribution in [2.75, 3.05) is 13.1 Å². The molecule has 1 amide bonds. The molecule has 126 valence electrons. The van der Waals surface area contributed by atoms with Crippen LogP contribution in [-0.2, 0) is 4.74 Å². The van der Waals surface area contributed by atoms with E-state index in [4.69, 9.17) is 9.84 Å². The molecule has 0 aliphatic carbocycles. The third-order valence-electron chi connectivity index (χ3n) is 3.65. The fourth-order valence-corrected chi connectivity index (χ4v) is 3.70. The number of rotatable bonds is 4. The van der Waals surface area contributed by atoms with E-state index in [1.165, 1.54) is 11.8 Å². The lowest BCUT2D eigenvalue weighted by Gasteiger charge is -2.38. The topological polar surface area (TPSA) is 115 Å². The molecule has 0 bridgehead atoms. The van der Waals surface area contributed by atoms with Gasteiger partial charge in [-0.2, -0.15) is 0 Å². The van der Waals surface area contributed by atoms with Crippen molar-refractivity contribution in [1.82, 2.24) is 10.2 Å². The standard InChI is InChI=1S/C13H23N3O5S/c1-4-16(13(19)20)12-15-8-10(18)9(17)7(5-14-6(2)3)21-11(8)22-12/h6-11,14,17-18H,4-5H2,1-3H3,(H,19,20)/t7-,8-,9-,10-,11-/m1/s1. The van der Waals surface area contributed by atoms with E-state index in [1.807, 2.05) is 13.8 Å². The number of fused-ring (bicyclic) bond motifs is 1. The van der Waals surface area contributed by atoms with Gasteiger partial charge in [0.25, 0.3) is 0 Å². The average Bonchev–Trinajstić information content (AvgIpc) is 2.85. The lowest BCUT2D eigenvalue weighted by molar-refractivity contribution is -0.151. The van der Waals surface area contributed by atoms with Crippen LogP contribution >= 0.6 is 11.8 Å². The number of amides is 1. The normalized spacial score (nSPS) is 34.5. The maximum absolute atomic E-state index is 11.2. The van der Waals surface area contributed by atoms with Crippen LogP contribution in [-0.4, -0.2) is 80.4 Å². The minimum absolute atomic E-state index is 0.233. The number of nitrogens with zero attached hydrogens (tertiary/aromatic N) is 2. The Labute approximate surface area is 133 Å². The van der Waals surface area contributed by atoms with Crippen molar-refractivity contribution in [2.45, 2.75) is 56.6 Å². The van der Waals surface area contributed by atoms with Gasteiger partial charge in [-0.05, 0) is 6.92 Å². The van der Waals surface area contributed by atoms with E-state index in [2.05, 4.69) is 10.3 Å². The Kier molecular flexibility index (Phi) is 5.67. The van der Waals surface area contributed by atoms with E-state index in [9.17, 15) is 15.0 Å². The van der Waals surface area contributed by atoms with Gasteiger partial charge in [0.1, 0.15) is 29.8 Å². The van der Waals surface area contributed by atoms with Crippen LogP contribution in [0.2, 0.25) is 0 Å². The molecule has 0 unspecified atom stereocenters. The van der Waals surface area contributed by atoms with Crippen molar-refractivity contribution in [3.05, 3.63) is 0 Å². The fraction of sp³-hybridized carbons (Fsp3) is 0.846. The molecule has 0 radical (unpaired) electrons. The lowest BCUT2D eigenvalue weighted by atomic mass is 9.98. The van der Waals surface area contributed by atoms with Crippen molar-refractivity contribution in [1.29, 1.82) is 0 Å². The Morgan fingerprint density at radius 3 is 2.68 bits per heavy atom. The van der Waals surface area contributed by atoms with Gasteiger partial charge in [-0.1, -0.05) is 25.6 Å². The second-order valence-corrected chi connectivity index (χ2v) is 6.70. The summed E-state index contributed by atoms with van der Waals surface area (Å²) in [7, 11) is 0. The summed E-state index contributed by atoms with van der Waals surface area (Å²) < 4.78 is 5.80. The number of nitrogens with one attached hydrogen (secondary N) is 1. The number of amidine groups is 1.